The van der Waals surface area contributed by atoms with Crippen LogP contribution in [-0.2, 0) is 0 Å². The Labute approximate surface area is 264 Å². The molecule has 0 aliphatic rings. The highest BCUT2D eigenvalue weighted by Gasteiger charge is 2.20. The number of rotatable bonds is 3. The molecular formula is C41H24N4O. The van der Waals surface area contributed by atoms with Gasteiger partial charge in [-0.2, -0.15) is 5.26 Å². The third kappa shape index (κ3) is 3.98. The van der Waals surface area contributed by atoms with Crippen LogP contribution in [0.4, 0.5) is 0 Å². The molecule has 2 aromatic heterocycles. The van der Waals surface area contributed by atoms with E-state index in [2.05, 4.69) is 89.9 Å². The van der Waals surface area contributed by atoms with E-state index in [1.165, 1.54) is 32.3 Å². The van der Waals surface area contributed by atoms with Gasteiger partial charge < -0.3 is 4.42 Å². The van der Waals surface area contributed by atoms with Gasteiger partial charge in [-0.05, 0) is 80.7 Å². The van der Waals surface area contributed by atoms with Crippen molar-refractivity contribution in [2.45, 2.75) is 6.92 Å². The summed E-state index contributed by atoms with van der Waals surface area (Å²) >= 11 is 0. The molecule has 0 N–H and O–H groups in total. The van der Waals surface area contributed by atoms with Gasteiger partial charge in [0.2, 0.25) is 0 Å². The average Bonchev–Trinajstić information content (AvgIpc) is 3.50. The van der Waals surface area contributed by atoms with Gasteiger partial charge in [0.1, 0.15) is 17.5 Å². The van der Waals surface area contributed by atoms with Gasteiger partial charge in [-0.1, -0.05) is 97.1 Å². The number of hydrogen-bond donors (Lipinski definition) is 0. The molecule has 9 aromatic rings. The third-order valence-corrected chi connectivity index (χ3v) is 8.84. The smallest absolute Gasteiger partial charge is 0.164 e. The molecule has 0 saturated heterocycles. The lowest BCUT2D eigenvalue weighted by atomic mass is 9.92. The first-order chi connectivity index (χ1) is 22.7. The maximum atomic E-state index is 10.0. The Morgan fingerprint density at radius 1 is 0.522 bits per heavy atom. The van der Waals surface area contributed by atoms with E-state index in [1.807, 2.05) is 49.4 Å². The van der Waals surface area contributed by atoms with Crippen molar-refractivity contribution in [3.05, 3.63) is 139 Å². The molecule has 46 heavy (non-hydrogen) atoms. The Balaban J connectivity index is 1.28. The first-order valence-corrected chi connectivity index (χ1v) is 15.2. The van der Waals surface area contributed by atoms with Crippen molar-refractivity contribution in [3.8, 4) is 40.0 Å². The van der Waals surface area contributed by atoms with Crippen LogP contribution >= 0.6 is 0 Å². The highest BCUT2D eigenvalue weighted by Crippen LogP contribution is 2.41. The molecule has 0 atom stereocenters. The van der Waals surface area contributed by atoms with E-state index < -0.39 is 0 Å². The van der Waals surface area contributed by atoms with Gasteiger partial charge in [-0.3, -0.25) is 0 Å². The monoisotopic (exact) mass is 588 g/mol. The molecule has 7 aromatic carbocycles. The second-order valence-corrected chi connectivity index (χ2v) is 11.5. The molecule has 0 aliphatic heterocycles. The molecule has 5 heteroatoms. The molecule has 214 valence electrons. The molecule has 5 nitrogen and oxygen atoms in total. The predicted molar refractivity (Wildman–Crippen MR) is 185 cm³/mol. The Morgan fingerprint density at radius 2 is 1.11 bits per heavy atom. The lowest BCUT2D eigenvalue weighted by Crippen LogP contribution is -2.00. The number of furan rings is 1. The molecule has 0 spiro atoms. The Kier molecular flexibility index (Phi) is 5.71. The van der Waals surface area contributed by atoms with Gasteiger partial charge in [0.25, 0.3) is 0 Å². The first kappa shape index (κ1) is 26.1. The fraction of sp³-hybridized carbons (Fsp3) is 0.0244. The number of nitrogens with zero attached hydrogens (tertiary/aromatic N) is 4. The van der Waals surface area contributed by atoms with Crippen LogP contribution in [0.2, 0.25) is 0 Å². The number of benzene rings is 7. The first-order valence-electron chi connectivity index (χ1n) is 15.2. The van der Waals surface area contributed by atoms with E-state index in [0.717, 1.165) is 33.0 Å². The number of nitriles is 1. The maximum absolute atomic E-state index is 10.0. The van der Waals surface area contributed by atoms with Gasteiger partial charge >= 0.3 is 0 Å². The molecule has 0 saturated carbocycles. The molecule has 0 aliphatic carbocycles. The van der Waals surface area contributed by atoms with E-state index >= 15 is 0 Å². The zero-order chi connectivity index (χ0) is 30.8. The van der Waals surface area contributed by atoms with Crippen molar-refractivity contribution >= 4 is 54.3 Å². The fourth-order valence-corrected chi connectivity index (χ4v) is 6.74. The summed E-state index contributed by atoms with van der Waals surface area (Å²) < 4.78 is 6.36. The largest absolute Gasteiger partial charge is 0.455 e. The lowest BCUT2D eigenvalue weighted by molar-refractivity contribution is 0.667. The van der Waals surface area contributed by atoms with Crippen LogP contribution < -0.4 is 0 Å². The third-order valence-electron chi connectivity index (χ3n) is 8.84. The maximum Gasteiger partial charge on any atom is 0.164 e. The highest BCUT2D eigenvalue weighted by molar-refractivity contribution is 6.26. The van der Waals surface area contributed by atoms with Gasteiger partial charge in [0.15, 0.2) is 17.2 Å². The van der Waals surface area contributed by atoms with Crippen molar-refractivity contribution in [1.82, 2.24) is 15.0 Å². The minimum absolute atomic E-state index is 0.467. The molecule has 0 fully saturated rings. The van der Waals surface area contributed by atoms with Crippen LogP contribution in [0.3, 0.4) is 0 Å². The molecule has 0 amide bonds. The second-order valence-electron chi connectivity index (χ2n) is 11.5. The van der Waals surface area contributed by atoms with Gasteiger partial charge in [-0.15, -0.1) is 0 Å². The molecule has 9 rings (SSSR count). The summed E-state index contributed by atoms with van der Waals surface area (Å²) in [5, 5.41) is 19.1. The van der Waals surface area contributed by atoms with Crippen LogP contribution in [0.5, 0.6) is 0 Å². The molecule has 0 unspecified atom stereocenters. The van der Waals surface area contributed by atoms with Gasteiger partial charge in [-0.25, -0.2) is 15.0 Å². The van der Waals surface area contributed by atoms with Crippen molar-refractivity contribution in [2.24, 2.45) is 0 Å². The van der Waals surface area contributed by atoms with Crippen LogP contribution in [0.1, 0.15) is 11.4 Å². The minimum atomic E-state index is 0.467. The van der Waals surface area contributed by atoms with E-state index in [1.54, 1.807) is 6.07 Å². The molecule has 2 heterocycles. The Hall–Kier alpha value is -6.38. The minimum Gasteiger partial charge on any atom is -0.455 e. The zero-order valence-electron chi connectivity index (χ0n) is 24.8. The van der Waals surface area contributed by atoms with Crippen molar-refractivity contribution in [2.75, 3.05) is 0 Å². The zero-order valence-corrected chi connectivity index (χ0v) is 24.8. The topological polar surface area (TPSA) is 75.6 Å². The van der Waals surface area contributed by atoms with Gasteiger partial charge in [0.05, 0.1) is 5.56 Å². The summed E-state index contributed by atoms with van der Waals surface area (Å²) in [7, 11) is 0. The predicted octanol–water partition coefficient (Wildman–Crippen LogP) is 10.4. The number of aryl methyl sites for hydroxylation is 1. The van der Waals surface area contributed by atoms with E-state index in [9.17, 15) is 5.26 Å². The van der Waals surface area contributed by atoms with E-state index in [-0.39, 0.29) is 0 Å². The summed E-state index contributed by atoms with van der Waals surface area (Å²) in [6.07, 6.45) is 0. The number of hydrogen-bond acceptors (Lipinski definition) is 5. The Bertz CT molecular complexity index is 2690. The molecule has 0 radical (unpaired) electrons. The molecular weight excluding hydrogens is 564 g/mol. The number of fused-ring (bicyclic) bond motifs is 9. The highest BCUT2D eigenvalue weighted by atomic mass is 16.3. The summed E-state index contributed by atoms with van der Waals surface area (Å²) in [5.41, 5.74) is 5.56. The Morgan fingerprint density at radius 3 is 1.80 bits per heavy atom. The molecule has 0 bridgehead atoms. The van der Waals surface area contributed by atoms with E-state index in [0.29, 0.717) is 34.2 Å². The average molecular weight is 589 g/mol. The quantitative estimate of drug-likeness (QED) is 0.192. The summed E-state index contributed by atoms with van der Waals surface area (Å²) in [6, 6.07) is 46.1. The second kappa shape index (κ2) is 10.1. The lowest BCUT2D eigenvalue weighted by Gasteiger charge is -2.12. The van der Waals surface area contributed by atoms with Crippen LogP contribution in [0, 0.1) is 18.3 Å². The standard InChI is InChI=1S/C41H24N4O/c1-24-43-40(25-9-3-2-4-10-25)45-41(44-24)34-19-16-28(23-42)39-38(34)36-22-27(17-20-37(36)46-39)26-15-18-33-31-13-6-5-11-29(31)30-12-7-8-14-32(30)35(33)21-26/h2-22H,1H3. The number of aromatic nitrogens is 3. The summed E-state index contributed by atoms with van der Waals surface area (Å²) in [6.45, 7) is 1.87. The fourth-order valence-electron chi connectivity index (χ4n) is 6.74. The van der Waals surface area contributed by atoms with Crippen molar-refractivity contribution < 1.29 is 4.42 Å². The SMILES string of the molecule is Cc1nc(-c2ccccc2)nc(-c2ccc(C#N)c3oc4ccc(-c5ccc6c7ccccc7c7ccccc7c6c5)cc4c23)n1. The van der Waals surface area contributed by atoms with Crippen LogP contribution in [-0.4, -0.2) is 15.0 Å². The van der Waals surface area contributed by atoms with Crippen LogP contribution in [0.25, 0.3) is 88.2 Å². The normalized spacial score (nSPS) is 11.6. The van der Waals surface area contributed by atoms with Crippen molar-refractivity contribution in [3.63, 3.8) is 0 Å². The van der Waals surface area contributed by atoms with E-state index in [4.69, 9.17) is 14.4 Å². The van der Waals surface area contributed by atoms with Crippen LogP contribution in [0.15, 0.2) is 132 Å². The van der Waals surface area contributed by atoms with Crippen molar-refractivity contribution in [1.29, 1.82) is 5.26 Å². The summed E-state index contributed by atoms with van der Waals surface area (Å²) in [4.78, 5) is 14.2. The summed E-state index contributed by atoms with van der Waals surface area (Å²) in [5.74, 6) is 1.76. The van der Waals surface area contributed by atoms with Gasteiger partial charge in [0, 0.05) is 21.9 Å².